The maximum Gasteiger partial charge on any atom is 0.243 e. The highest BCUT2D eigenvalue weighted by molar-refractivity contribution is 7.89. The van der Waals surface area contributed by atoms with E-state index in [0.29, 0.717) is 54.2 Å². The standard InChI is InChI=1S/C27H32N8O2S2/c1-3-12-35(27-31-22(17-38-27)26-32-24(28)16-25(29)33-26)23-15-20(5-4-18(23)2)19-6-8-21(9-7-19)39(36,37)34-13-10-30-11-14-34/h4-9,15-17,30H,3,10-14H2,1-2H3,(H4,28,29,32,33). The van der Waals surface area contributed by atoms with E-state index in [-0.39, 0.29) is 0 Å². The van der Waals surface area contributed by atoms with Gasteiger partial charge in [0.2, 0.25) is 10.0 Å². The molecule has 39 heavy (non-hydrogen) atoms. The van der Waals surface area contributed by atoms with Crippen molar-refractivity contribution in [2.75, 3.05) is 49.1 Å². The smallest absolute Gasteiger partial charge is 0.243 e. The highest BCUT2D eigenvalue weighted by Crippen LogP contribution is 2.36. The van der Waals surface area contributed by atoms with Gasteiger partial charge in [-0.3, -0.25) is 0 Å². The predicted molar refractivity (Wildman–Crippen MR) is 158 cm³/mol. The quantitative estimate of drug-likeness (QED) is 0.290. The molecule has 1 aliphatic heterocycles. The van der Waals surface area contributed by atoms with Crippen LogP contribution in [0.1, 0.15) is 18.9 Å². The second-order valence-electron chi connectivity index (χ2n) is 9.39. The molecule has 12 heteroatoms. The first kappa shape index (κ1) is 27.0. The SMILES string of the molecule is CCCN(c1nc(-c2nc(N)cc(N)n2)cs1)c1cc(-c2ccc(S(=O)(=O)N3CCNCC3)cc2)ccc1C. The average molecular weight is 565 g/mol. The number of nitrogens with two attached hydrogens (primary N) is 2. The molecule has 0 spiro atoms. The average Bonchev–Trinajstić information content (AvgIpc) is 3.42. The Morgan fingerprint density at radius 3 is 2.31 bits per heavy atom. The summed E-state index contributed by atoms with van der Waals surface area (Å²) in [5, 5.41) is 5.91. The molecule has 0 aliphatic carbocycles. The van der Waals surface area contributed by atoms with E-state index in [1.807, 2.05) is 17.5 Å². The van der Waals surface area contributed by atoms with Gasteiger partial charge in [0.05, 0.1) is 4.90 Å². The summed E-state index contributed by atoms with van der Waals surface area (Å²) in [4.78, 5) is 15.9. The number of nitrogens with zero attached hydrogens (tertiary/aromatic N) is 5. The lowest BCUT2D eigenvalue weighted by molar-refractivity contribution is 0.360. The van der Waals surface area contributed by atoms with Crippen molar-refractivity contribution in [3.05, 3.63) is 59.5 Å². The number of nitrogen functional groups attached to an aromatic ring is 2. The van der Waals surface area contributed by atoms with Gasteiger partial charge in [0.15, 0.2) is 11.0 Å². The summed E-state index contributed by atoms with van der Waals surface area (Å²) in [5.41, 5.74) is 16.4. The van der Waals surface area contributed by atoms with E-state index in [4.69, 9.17) is 16.5 Å². The summed E-state index contributed by atoms with van der Waals surface area (Å²) in [5.74, 6) is 0.994. The highest BCUT2D eigenvalue weighted by Gasteiger charge is 2.26. The molecule has 1 fully saturated rings. The number of anilines is 4. The zero-order valence-corrected chi connectivity index (χ0v) is 23.6. The van der Waals surface area contributed by atoms with Gasteiger partial charge in [0.1, 0.15) is 17.3 Å². The first-order valence-corrected chi connectivity index (χ1v) is 15.1. The van der Waals surface area contributed by atoms with Crippen molar-refractivity contribution in [3.8, 4) is 22.6 Å². The Morgan fingerprint density at radius 1 is 0.974 bits per heavy atom. The van der Waals surface area contributed by atoms with Crippen LogP contribution in [-0.2, 0) is 10.0 Å². The molecule has 2 aromatic heterocycles. The molecule has 4 aromatic rings. The van der Waals surface area contributed by atoms with Crippen molar-refractivity contribution >= 4 is 43.8 Å². The Morgan fingerprint density at radius 2 is 1.64 bits per heavy atom. The number of hydrogen-bond donors (Lipinski definition) is 3. The van der Waals surface area contributed by atoms with E-state index in [0.717, 1.165) is 40.5 Å². The van der Waals surface area contributed by atoms with E-state index in [9.17, 15) is 8.42 Å². The van der Waals surface area contributed by atoms with Gasteiger partial charge < -0.3 is 21.7 Å². The zero-order chi connectivity index (χ0) is 27.6. The monoisotopic (exact) mass is 564 g/mol. The van der Waals surface area contributed by atoms with E-state index in [1.54, 1.807) is 12.1 Å². The number of aryl methyl sites for hydroxylation is 1. The molecule has 5 rings (SSSR count). The normalized spacial score (nSPS) is 14.4. The summed E-state index contributed by atoms with van der Waals surface area (Å²) < 4.78 is 27.7. The van der Waals surface area contributed by atoms with Crippen LogP contribution in [0.5, 0.6) is 0 Å². The Labute approximate surface area is 232 Å². The first-order valence-electron chi connectivity index (χ1n) is 12.8. The minimum atomic E-state index is -3.51. The van der Waals surface area contributed by atoms with Crippen LogP contribution in [-0.4, -0.2) is 60.4 Å². The van der Waals surface area contributed by atoms with E-state index in [2.05, 4.69) is 52.2 Å². The van der Waals surface area contributed by atoms with Crippen molar-refractivity contribution in [2.45, 2.75) is 25.2 Å². The molecule has 0 atom stereocenters. The summed E-state index contributed by atoms with van der Waals surface area (Å²) in [6.45, 7) is 7.25. The molecule has 0 amide bonds. The fourth-order valence-electron chi connectivity index (χ4n) is 4.57. The Hall–Kier alpha value is -3.58. The van der Waals surface area contributed by atoms with E-state index in [1.165, 1.54) is 21.7 Å². The largest absolute Gasteiger partial charge is 0.384 e. The molecule has 0 saturated carbocycles. The van der Waals surface area contributed by atoms with Crippen LogP contribution in [0.15, 0.2) is 58.8 Å². The Kier molecular flexibility index (Phi) is 7.80. The number of piperazine rings is 1. The third kappa shape index (κ3) is 5.74. The van der Waals surface area contributed by atoms with Gasteiger partial charge in [-0.15, -0.1) is 11.3 Å². The van der Waals surface area contributed by atoms with E-state index < -0.39 is 10.0 Å². The van der Waals surface area contributed by atoms with Crippen molar-refractivity contribution in [2.24, 2.45) is 0 Å². The number of sulfonamides is 1. The molecule has 204 valence electrons. The summed E-state index contributed by atoms with van der Waals surface area (Å²) >= 11 is 1.50. The summed E-state index contributed by atoms with van der Waals surface area (Å²) in [7, 11) is -3.51. The summed E-state index contributed by atoms with van der Waals surface area (Å²) in [6.07, 6.45) is 0.916. The van der Waals surface area contributed by atoms with Crippen LogP contribution in [0.4, 0.5) is 22.5 Å². The minimum absolute atomic E-state index is 0.299. The molecule has 0 unspecified atom stereocenters. The lowest BCUT2D eigenvalue weighted by Gasteiger charge is -2.26. The fraction of sp³-hybridized carbons (Fsp3) is 0.296. The number of benzene rings is 2. The molecule has 0 bridgehead atoms. The Balaban J connectivity index is 1.45. The van der Waals surface area contributed by atoms with Crippen LogP contribution < -0.4 is 21.7 Å². The topological polar surface area (TPSA) is 143 Å². The van der Waals surface area contributed by atoms with Crippen molar-refractivity contribution < 1.29 is 8.42 Å². The van der Waals surface area contributed by atoms with Crippen LogP contribution in [0, 0.1) is 6.92 Å². The van der Waals surface area contributed by atoms with E-state index >= 15 is 0 Å². The Bertz CT molecular complexity index is 1540. The number of thiazole rings is 1. The van der Waals surface area contributed by atoms with Crippen molar-refractivity contribution in [1.29, 1.82) is 0 Å². The van der Waals surface area contributed by atoms with Crippen LogP contribution in [0.25, 0.3) is 22.6 Å². The van der Waals surface area contributed by atoms with Gasteiger partial charge in [-0.05, 0) is 48.2 Å². The van der Waals surface area contributed by atoms with Crippen molar-refractivity contribution in [1.82, 2.24) is 24.6 Å². The minimum Gasteiger partial charge on any atom is -0.384 e. The lowest BCUT2D eigenvalue weighted by atomic mass is 10.0. The maximum absolute atomic E-state index is 13.1. The van der Waals surface area contributed by atoms with Crippen molar-refractivity contribution in [3.63, 3.8) is 0 Å². The molecule has 1 saturated heterocycles. The van der Waals surface area contributed by atoms with Gasteiger partial charge in [-0.1, -0.05) is 31.2 Å². The van der Waals surface area contributed by atoms with Gasteiger partial charge in [0.25, 0.3) is 0 Å². The highest BCUT2D eigenvalue weighted by atomic mass is 32.2. The molecule has 3 heterocycles. The van der Waals surface area contributed by atoms with Gasteiger partial charge in [-0.25, -0.2) is 23.4 Å². The second-order valence-corrected chi connectivity index (χ2v) is 12.2. The molecular formula is C27H32N8O2S2. The van der Waals surface area contributed by atoms with Gasteiger partial charge >= 0.3 is 0 Å². The molecule has 10 nitrogen and oxygen atoms in total. The third-order valence-corrected chi connectivity index (χ3v) is 9.34. The zero-order valence-electron chi connectivity index (χ0n) is 22.0. The molecule has 2 aromatic carbocycles. The van der Waals surface area contributed by atoms with Crippen LogP contribution >= 0.6 is 11.3 Å². The van der Waals surface area contributed by atoms with Gasteiger partial charge in [-0.2, -0.15) is 4.31 Å². The number of aromatic nitrogens is 3. The lowest BCUT2D eigenvalue weighted by Crippen LogP contribution is -2.46. The number of rotatable bonds is 8. The van der Waals surface area contributed by atoms with Crippen LogP contribution in [0.2, 0.25) is 0 Å². The third-order valence-electron chi connectivity index (χ3n) is 6.57. The number of hydrogen-bond acceptors (Lipinski definition) is 10. The molecule has 5 N–H and O–H groups in total. The number of nitrogens with one attached hydrogen (secondary N) is 1. The fourth-order valence-corrected chi connectivity index (χ4v) is 6.85. The second kappa shape index (κ2) is 11.3. The molecule has 1 aliphatic rings. The molecule has 0 radical (unpaired) electrons. The summed E-state index contributed by atoms with van der Waals surface area (Å²) in [6, 6.07) is 14.9. The van der Waals surface area contributed by atoms with Crippen LogP contribution in [0.3, 0.4) is 0 Å². The predicted octanol–water partition coefficient (Wildman–Crippen LogP) is 3.88. The van der Waals surface area contributed by atoms with Gasteiger partial charge in [0, 0.05) is 49.9 Å². The maximum atomic E-state index is 13.1. The first-order chi connectivity index (χ1) is 18.8. The molecular weight excluding hydrogens is 532 g/mol.